The first-order chi connectivity index (χ1) is 8.65. The van der Waals surface area contributed by atoms with Crippen LogP contribution in [-0.2, 0) is 6.42 Å². The summed E-state index contributed by atoms with van der Waals surface area (Å²) in [5.74, 6) is 0.683. The van der Waals surface area contributed by atoms with E-state index in [9.17, 15) is 0 Å². The van der Waals surface area contributed by atoms with Gasteiger partial charge in [-0.15, -0.1) is 11.8 Å². The van der Waals surface area contributed by atoms with E-state index in [0.717, 1.165) is 12.8 Å². The number of nitriles is 1. The summed E-state index contributed by atoms with van der Waals surface area (Å²) in [4.78, 5) is 5.69. The molecular weight excluding hydrogens is 242 g/mol. The Labute approximate surface area is 113 Å². The van der Waals surface area contributed by atoms with Crippen molar-refractivity contribution >= 4 is 17.6 Å². The van der Waals surface area contributed by atoms with Gasteiger partial charge in [-0.2, -0.15) is 5.26 Å². The SMILES string of the molecule is CSc1ccc(CC[C@@H](C)N=C(C)NC#N)cc1. The Kier molecular flexibility index (Phi) is 6.31. The van der Waals surface area contributed by atoms with Crippen molar-refractivity contribution in [2.75, 3.05) is 6.26 Å². The van der Waals surface area contributed by atoms with Gasteiger partial charge in [0, 0.05) is 10.9 Å². The number of rotatable bonds is 5. The van der Waals surface area contributed by atoms with Crippen LogP contribution in [0, 0.1) is 11.5 Å². The molecule has 1 rings (SSSR count). The molecule has 0 aliphatic rings. The lowest BCUT2D eigenvalue weighted by Crippen LogP contribution is -2.16. The summed E-state index contributed by atoms with van der Waals surface area (Å²) in [6, 6.07) is 8.86. The van der Waals surface area contributed by atoms with Crippen LogP contribution in [0.4, 0.5) is 0 Å². The number of aliphatic imine (C=N–C) groups is 1. The van der Waals surface area contributed by atoms with Gasteiger partial charge in [-0.1, -0.05) is 12.1 Å². The number of nitrogens with zero attached hydrogens (tertiary/aromatic N) is 2. The lowest BCUT2D eigenvalue weighted by Gasteiger charge is -2.08. The van der Waals surface area contributed by atoms with Crippen molar-refractivity contribution in [1.29, 1.82) is 5.26 Å². The maximum Gasteiger partial charge on any atom is 0.182 e. The van der Waals surface area contributed by atoms with Crippen LogP contribution in [0.5, 0.6) is 0 Å². The fourth-order valence-corrected chi connectivity index (χ4v) is 2.08. The molecular formula is C14H19N3S. The molecule has 0 saturated carbocycles. The highest BCUT2D eigenvalue weighted by atomic mass is 32.2. The second-order valence-electron chi connectivity index (χ2n) is 4.19. The molecule has 0 fully saturated rings. The van der Waals surface area contributed by atoms with Crippen LogP contribution in [0.15, 0.2) is 34.2 Å². The van der Waals surface area contributed by atoms with Gasteiger partial charge >= 0.3 is 0 Å². The minimum absolute atomic E-state index is 0.228. The van der Waals surface area contributed by atoms with Crippen LogP contribution >= 0.6 is 11.8 Å². The molecule has 1 aromatic carbocycles. The highest BCUT2D eigenvalue weighted by molar-refractivity contribution is 7.98. The Hall–Kier alpha value is -1.47. The Morgan fingerprint density at radius 2 is 2.11 bits per heavy atom. The van der Waals surface area contributed by atoms with Crippen LogP contribution in [0.1, 0.15) is 25.8 Å². The first kappa shape index (κ1) is 14.6. The summed E-state index contributed by atoms with van der Waals surface area (Å²) >= 11 is 1.76. The zero-order valence-electron chi connectivity index (χ0n) is 11.1. The fraction of sp³-hybridized carbons (Fsp3) is 0.429. The number of hydrogen-bond donors (Lipinski definition) is 1. The Morgan fingerprint density at radius 3 is 2.67 bits per heavy atom. The summed E-state index contributed by atoms with van der Waals surface area (Å²) in [6.45, 7) is 3.88. The average molecular weight is 261 g/mol. The van der Waals surface area contributed by atoms with Crippen molar-refractivity contribution in [1.82, 2.24) is 5.32 Å². The number of benzene rings is 1. The number of amidine groups is 1. The molecule has 0 saturated heterocycles. The fourth-order valence-electron chi connectivity index (χ4n) is 1.68. The van der Waals surface area contributed by atoms with Crippen LogP contribution < -0.4 is 5.32 Å². The van der Waals surface area contributed by atoms with Crippen molar-refractivity contribution in [3.8, 4) is 6.19 Å². The quantitative estimate of drug-likeness (QED) is 0.291. The molecule has 0 amide bonds. The third-order valence-electron chi connectivity index (χ3n) is 2.66. The molecule has 96 valence electrons. The molecule has 0 radical (unpaired) electrons. The van der Waals surface area contributed by atoms with Gasteiger partial charge in [0.1, 0.15) is 5.84 Å². The lowest BCUT2D eigenvalue weighted by atomic mass is 10.1. The maximum atomic E-state index is 8.46. The minimum atomic E-state index is 0.228. The number of aryl methyl sites for hydroxylation is 1. The molecule has 1 aromatic rings. The topological polar surface area (TPSA) is 48.2 Å². The lowest BCUT2D eigenvalue weighted by molar-refractivity contribution is 0.665. The molecule has 18 heavy (non-hydrogen) atoms. The van der Waals surface area contributed by atoms with E-state index in [4.69, 9.17) is 5.26 Å². The first-order valence-electron chi connectivity index (χ1n) is 5.98. The van der Waals surface area contributed by atoms with E-state index in [1.165, 1.54) is 10.5 Å². The second kappa shape index (κ2) is 7.78. The minimum Gasteiger partial charge on any atom is -0.281 e. The van der Waals surface area contributed by atoms with Gasteiger partial charge < -0.3 is 0 Å². The Morgan fingerprint density at radius 1 is 1.44 bits per heavy atom. The molecule has 0 heterocycles. The van der Waals surface area contributed by atoms with Gasteiger partial charge in [0.05, 0.1) is 0 Å². The van der Waals surface area contributed by atoms with Crippen LogP contribution in [0.2, 0.25) is 0 Å². The summed E-state index contributed by atoms with van der Waals surface area (Å²) in [5.41, 5.74) is 1.33. The number of thioether (sulfide) groups is 1. The summed E-state index contributed by atoms with van der Waals surface area (Å²) in [7, 11) is 0. The molecule has 1 N–H and O–H groups in total. The molecule has 0 unspecified atom stereocenters. The van der Waals surface area contributed by atoms with E-state index in [2.05, 4.69) is 47.8 Å². The first-order valence-corrected chi connectivity index (χ1v) is 7.20. The zero-order valence-corrected chi connectivity index (χ0v) is 11.9. The van der Waals surface area contributed by atoms with E-state index in [1.807, 2.05) is 13.1 Å². The van der Waals surface area contributed by atoms with Crippen molar-refractivity contribution in [3.63, 3.8) is 0 Å². The maximum absolute atomic E-state index is 8.46. The van der Waals surface area contributed by atoms with Crippen molar-refractivity contribution in [3.05, 3.63) is 29.8 Å². The van der Waals surface area contributed by atoms with E-state index in [0.29, 0.717) is 5.84 Å². The average Bonchev–Trinajstić information content (AvgIpc) is 2.37. The molecule has 0 bridgehead atoms. The third kappa shape index (κ3) is 5.24. The molecule has 0 aliphatic carbocycles. The van der Waals surface area contributed by atoms with Gasteiger partial charge in [0.25, 0.3) is 0 Å². The largest absolute Gasteiger partial charge is 0.281 e. The standard InChI is InChI=1S/C14H19N3S/c1-11(17-12(2)16-10-15)4-5-13-6-8-14(18-3)9-7-13/h6-9,11H,4-5H2,1-3H3,(H,16,17)/t11-/m1/s1. The van der Waals surface area contributed by atoms with E-state index >= 15 is 0 Å². The van der Waals surface area contributed by atoms with Gasteiger partial charge in [-0.25, -0.2) is 0 Å². The van der Waals surface area contributed by atoms with Crippen molar-refractivity contribution in [2.45, 2.75) is 37.6 Å². The molecule has 0 spiro atoms. The summed E-state index contributed by atoms with van der Waals surface area (Å²) in [6.07, 6.45) is 5.96. The Balaban J connectivity index is 2.44. The van der Waals surface area contributed by atoms with E-state index in [1.54, 1.807) is 11.8 Å². The molecule has 0 aromatic heterocycles. The van der Waals surface area contributed by atoms with Gasteiger partial charge in [-0.05, 0) is 50.6 Å². The summed E-state index contributed by atoms with van der Waals surface area (Å²) < 4.78 is 0. The van der Waals surface area contributed by atoms with Crippen molar-refractivity contribution in [2.24, 2.45) is 4.99 Å². The predicted octanol–water partition coefficient (Wildman–Crippen LogP) is 3.22. The van der Waals surface area contributed by atoms with Gasteiger partial charge in [-0.3, -0.25) is 10.3 Å². The summed E-state index contributed by atoms with van der Waals surface area (Å²) in [5, 5.41) is 11.0. The highest BCUT2D eigenvalue weighted by Gasteiger charge is 2.01. The van der Waals surface area contributed by atoms with Crippen LogP contribution in [0.3, 0.4) is 0 Å². The molecule has 0 aliphatic heterocycles. The Bertz CT molecular complexity index is 431. The highest BCUT2D eigenvalue weighted by Crippen LogP contribution is 2.16. The van der Waals surface area contributed by atoms with Crippen molar-refractivity contribution < 1.29 is 0 Å². The normalized spacial score (nSPS) is 12.9. The zero-order chi connectivity index (χ0) is 13.4. The van der Waals surface area contributed by atoms with Crippen LogP contribution in [-0.4, -0.2) is 18.1 Å². The van der Waals surface area contributed by atoms with Gasteiger partial charge in [0.15, 0.2) is 6.19 Å². The monoisotopic (exact) mass is 261 g/mol. The molecule has 4 heteroatoms. The third-order valence-corrected chi connectivity index (χ3v) is 3.40. The van der Waals surface area contributed by atoms with Gasteiger partial charge in [0.2, 0.25) is 0 Å². The smallest absolute Gasteiger partial charge is 0.182 e. The molecule has 3 nitrogen and oxygen atoms in total. The van der Waals surface area contributed by atoms with Crippen LogP contribution in [0.25, 0.3) is 0 Å². The predicted molar refractivity (Wildman–Crippen MR) is 77.9 cm³/mol. The number of nitrogens with one attached hydrogen (secondary N) is 1. The number of hydrogen-bond acceptors (Lipinski definition) is 3. The molecule has 1 atom stereocenters. The second-order valence-corrected chi connectivity index (χ2v) is 5.07. The van der Waals surface area contributed by atoms with E-state index in [-0.39, 0.29) is 6.04 Å². The van der Waals surface area contributed by atoms with E-state index < -0.39 is 0 Å².